The molecule has 1 saturated heterocycles. The van der Waals surface area contributed by atoms with Crippen molar-refractivity contribution in [1.82, 2.24) is 15.9 Å². The summed E-state index contributed by atoms with van der Waals surface area (Å²) in [4.78, 5) is 4.43. The summed E-state index contributed by atoms with van der Waals surface area (Å²) in [5.41, 5.74) is 5.95. The summed E-state index contributed by atoms with van der Waals surface area (Å²) in [6.07, 6.45) is 3.74. The van der Waals surface area contributed by atoms with E-state index < -0.39 is 0 Å². The lowest BCUT2D eigenvalue weighted by atomic mass is 10.00. The number of aliphatic imine (C=N–C) groups is 1. The molecule has 5 heteroatoms. The van der Waals surface area contributed by atoms with E-state index in [2.05, 4.69) is 48.5 Å². The van der Waals surface area contributed by atoms with Crippen molar-refractivity contribution in [3.63, 3.8) is 0 Å². The third-order valence-electron chi connectivity index (χ3n) is 3.18. The molecule has 17 heavy (non-hydrogen) atoms. The molecular weight excluding hydrogens is 214 g/mol. The highest BCUT2D eigenvalue weighted by atomic mass is 15.6. The van der Waals surface area contributed by atoms with Crippen LogP contribution in [-0.2, 0) is 0 Å². The number of guanidine groups is 1. The number of nitrogens with one attached hydrogen (secondary N) is 2. The van der Waals surface area contributed by atoms with Gasteiger partial charge in [-0.2, -0.15) is 0 Å². The highest BCUT2D eigenvalue weighted by Crippen LogP contribution is 2.19. The maximum absolute atomic E-state index is 5.50. The first-order valence-electron chi connectivity index (χ1n) is 6.60. The van der Waals surface area contributed by atoms with Crippen LogP contribution in [0.4, 0.5) is 0 Å². The van der Waals surface area contributed by atoms with Crippen LogP contribution in [0.15, 0.2) is 4.99 Å². The maximum atomic E-state index is 5.50. The Morgan fingerprint density at radius 2 is 1.94 bits per heavy atom. The number of rotatable bonds is 3. The zero-order valence-electron chi connectivity index (χ0n) is 11.5. The van der Waals surface area contributed by atoms with Crippen molar-refractivity contribution >= 4 is 5.96 Å². The van der Waals surface area contributed by atoms with Crippen LogP contribution in [0.1, 0.15) is 47.0 Å². The highest BCUT2D eigenvalue weighted by Gasteiger charge is 2.25. The summed E-state index contributed by atoms with van der Waals surface area (Å²) in [6.45, 7) is 9.54. The number of piperidine rings is 1. The number of nitrogens with zero attached hydrogens (tertiary/aromatic N) is 2. The molecule has 0 bridgehead atoms. The average molecular weight is 241 g/mol. The maximum Gasteiger partial charge on any atom is 0.220 e. The van der Waals surface area contributed by atoms with Gasteiger partial charge < -0.3 is 0 Å². The molecule has 0 radical (unpaired) electrons. The largest absolute Gasteiger partial charge is 0.293 e. The van der Waals surface area contributed by atoms with E-state index in [0.29, 0.717) is 24.0 Å². The standard InChI is InChI=1S/C12H27N5/c1-9(2)8-14-12(15-13)16-17-10(3)6-5-7-11(17)4/h9-11H,5-8,13H2,1-4H3,(H2,14,15,16). The molecule has 2 unspecified atom stereocenters. The van der Waals surface area contributed by atoms with E-state index >= 15 is 0 Å². The van der Waals surface area contributed by atoms with E-state index in [4.69, 9.17) is 5.84 Å². The van der Waals surface area contributed by atoms with Gasteiger partial charge in [0.2, 0.25) is 5.96 Å². The second-order valence-corrected chi connectivity index (χ2v) is 5.38. The fraction of sp³-hybridized carbons (Fsp3) is 0.917. The van der Waals surface area contributed by atoms with Gasteiger partial charge in [-0.25, -0.2) is 10.9 Å². The number of hydrogen-bond donors (Lipinski definition) is 3. The van der Waals surface area contributed by atoms with Crippen molar-refractivity contribution in [2.24, 2.45) is 16.8 Å². The second-order valence-electron chi connectivity index (χ2n) is 5.38. The summed E-state index contributed by atoms with van der Waals surface area (Å²) in [5, 5.41) is 2.25. The van der Waals surface area contributed by atoms with Crippen LogP contribution in [0.2, 0.25) is 0 Å². The molecule has 0 aromatic rings. The van der Waals surface area contributed by atoms with Gasteiger partial charge in [-0.1, -0.05) is 20.3 Å². The van der Waals surface area contributed by atoms with Crippen LogP contribution < -0.4 is 16.7 Å². The van der Waals surface area contributed by atoms with Gasteiger partial charge in [0.25, 0.3) is 0 Å². The van der Waals surface area contributed by atoms with Crippen LogP contribution >= 0.6 is 0 Å². The Morgan fingerprint density at radius 1 is 1.35 bits per heavy atom. The van der Waals surface area contributed by atoms with E-state index in [1.54, 1.807) is 0 Å². The molecule has 0 aromatic heterocycles. The van der Waals surface area contributed by atoms with Gasteiger partial charge in [-0.3, -0.25) is 15.8 Å². The van der Waals surface area contributed by atoms with Gasteiger partial charge in [0.05, 0.1) is 0 Å². The topological polar surface area (TPSA) is 65.7 Å². The summed E-state index contributed by atoms with van der Waals surface area (Å²) in [5.74, 6) is 6.70. The lowest BCUT2D eigenvalue weighted by molar-refractivity contribution is 0.0724. The van der Waals surface area contributed by atoms with E-state index in [1.165, 1.54) is 19.3 Å². The normalized spacial score (nSPS) is 27.3. The van der Waals surface area contributed by atoms with Gasteiger partial charge in [0, 0.05) is 18.6 Å². The Kier molecular flexibility index (Phi) is 5.71. The summed E-state index contributed by atoms with van der Waals surface area (Å²) >= 11 is 0. The van der Waals surface area contributed by atoms with Crippen LogP contribution in [0.5, 0.6) is 0 Å². The predicted octanol–water partition coefficient (Wildman–Crippen LogP) is 1.23. The van der Waals surface area contributed by atoms with Crippen LogP contribution in [0.3, 0.4) is 0 Å². The van der Waals surface area contributed by atoms with Gasteiger partial charge >= 0.3 is 0 Å². The van der Waals surface area contributed by atoms with Crippen LogP contribution in [0.25, 0.3) is 0 Å². The van der Waals surface area contributed by atoms with Crippen molar-refractivity contribution in [3.8, 4) is 0 Å². The van der Waals surface area contributed by atoms with Crippen molar-refractivity contribution in [1.29, 1.82) is 0 Å². The van der Waals surface area contributed by atoms with E-state index in [-0.39, 0.29) is 0 Å². The third kappa shape index (κ3) is 4.52. The zero-order chi connectivity index (χ0) is 12.8. The SMILES string of the molecule is CC(C)CN=C(NN)NN1C(C)CCCC1C. The van der Waals surface area contributed by atoms with Crippen molar-refractivity contribution in [2.75, 3.05) is 6.54 Å². The number of hydrogen-bond acceptors (Lipinski definition) is 3. The van der Waals surface area contributed by atoms with Gasteiger partial charge in [0.15, 0.2) is 0 Å². The first-order valence-corrected chi connectivity index (χ1v) is 6.60. The summed E-state index contributed by atoms with van der Waals surface area (Å²) < 4.78 is 0. The van der Waals surface area contributed by atoms with Gasteiger partial charge in [-0.15, -0.1) is 0 Å². The number of nitrogens with two attached hydrogens (primary N) is 1. The minimum atomic E-state index is 0.524. The monoisotopic (exact) mass is 241 g/mol. The third-order valence-corrected chi connectivity index (χ3v) is 3.18. The molecule has 1 rings (SSSR count). The Bertz CT molecular complexity index is 241. The summed E-state index contributed by atoms with van der Waals surface area (Å²) in [6, 6.07) is 1.05. The van der Waals surface area contributed by atoms with Crippen LogP contribution in [-0.4, -0.2) is 29.6 Å². The van der Waals surface area contributed by atoms with E-state index in [0.717, 1.165) is 6.54 Å². The first kappa shape index (κ1) is 14.3. The Balaban J connectivity index is 2.56. The van der Waals surface area contributed by atoms with Crippen molar-refractivity contribution in [2.45, 2.75) is 59.0 Å². The fourth-order valence-corrected chi connectivity index (χ4v) is 2.15. The molecule has 1 fully saturated rings. The molecule has 100 valence electrons. The molecule has 0 aromatic carbocycles. The smallest absolute Gasteiger partial charge is 0.220 e. The number of hydrazine groups is 2. The van der Waals surface area contributed by atoms with Crippen molar-refractivity contribution < 1.29 is 0 Å². The molecule has 1 aliphatic heterocycles. The average Bonchev–Trinajstić information content (AvgIpc) is 2.27. The van der Waals surface area contributed by atoms with E-state index in [9.17, 15) is 0 Å². The quantitative estimate of drug-likeness (QED) is 0.301. The first-order chi connectivity index (χ1) is 8.04. The molecule has 4 N–H and O–H groups in total. The molecule has 0 saturated carbocycles. The molecular formula is C12H27N5. The van der Waals surface area contributed by atoms with Crippen molar-refractivity contribution in [3.05, 3.63) is 0 Å². The minimum Gasteiger partial charge on any atom is -0.293 e. The lowest BCUT2D eigenvalue weighted by Gasteiger charge is -2.39. The highest BCUT2D eigenvalue weighted by molar-refractivity contribution is 5.78. The molecule has 0 aliphatic carbocycles. The van der Waals surface area contributed by atoms with Crippen LogP contribution in [0, 0.1) is 5.92 Å². The molecule has 0 amide bonds. The predicted molar refractivity (Wildman–Crippen MR) is 72.2 cm³/mol. The molecule has 5 nitrogen and oxygen atoms in total. The molecule has 0 spiro atoms. The lowest BCUT2D eigenvalue weighted by Crippen LogP contribution is -2.58. The zero-order valence-corrected chi connectivity index (χ0v) is 11.5. The minimum absolute atomic E-state index is 0.524. The molecule has 1 aliphatic rings. The van der Waals surface area contributed by atoms with E-state index in [1.807, 2.05) is 0 Å². The molecule has 1 heterocycles. The Labute approximate surface area is 105 Å². The second kappa shape index (κ2) is 6.81. The molecule has 2 atom stereocenters. The van der Waals surface area contributed by atoms with Gasteiger partial charge in [-0.05, 0) is 32.6 Å². The Morgan fingerprint density at radius 3 is 2.41 bits per heavy atom. The fourth-order valence-electron chi connectivity index (χ4n) is 2.15. The van der Waals surface area contributed by atoms with Gasteiger partial charge in [0.1, 0.15) is 0 Å². The Hall–Kier alpha value is -0.810. The summed E-state index contributed by atoms with van der Waals surface area (Å²) in [7, 11) is 0.